The number of halogens is 1. The second-order valence-electron chi connectivity index (χ2n) is 2.20. The molecule has 0 aliphatic heterocycles. The Morgan fingerprint density at radius 1 is 1.70 bits per heavy atom. The largest absolute Gasteiger partial charge is 0.481 e. The smallest absolute Gasteiger partial charge is 0.303 e. The zero-order valence-electron chi connectivity index (χ0n) is 5.72. The fourth-order valence-electron chi connectivity index (χ4n) is 0.593. The fraction of sp³-hybridized carbons (Fsp3) is 0.833. The summed E-state index contributed by atoms with van der Waals surface area (Å²) in [6, 6.07) is -0.487. The van der Waals surface area contributed by atoms with E-state index in [1.807, 2.05) is 0 Å². The predicted octanol–water partition coefficient (Wildman–Crippen LogP) is 0.538. The first-order chi connectivity index (χ1) is 4.66. The van der Waals surface area contributed by atoms with E-state index in [4.69, 9.17) is 10.8 Å². The second kappa shape index (κ2) is 5.17. The quantitative estimate of drug-likeness (QED) is 0.599. The molecule has 0 rings (SSSR count). The van der Waals surface area contributed by atoms with E-state index in [1.165, 1.54) is 0 Å². The Hall–Kier alpha value is -0.640. The highest BCUT2D eigenvalue weighted by Gasteiger charge is 2.02. The number of aliphatic carboxylic acids is 1. The van der Waals surface area contributed by atoms with Crippen LogP contribution < -0.4 is 5.73 Å². The molecule has 1 unspecified atom stereocenters. The molecule has 0 saturated carbocycles. The average molecular weight is 149 g/mol. The Morgan fingerprint density at radius 2 is 2.30 bits per heavy atom. The van der Waals surface area contributed by atoms with Gasteiger partial charge >= 0.3 is 5.97 Å². The molecule has 1 atom stereocenters. The summed E-state index contributed by atoms with van der Waals surface area (Å²) in [7, 11) is 0. The first-order valence-electron chi connectivity index (χ1n) is 3.20. The van der Waals surface area contributed by atoms with Crippen molar-refractivity contribution in [1.82, 2.24) is 0 Å². The van der Waals surface area contributed by atoms with Crippen molar-refractivity contribution in [3.63, 3.8) is 0 Å². The van der Waals surface area contributed by atoms with E-state index in [9.17, 15) is 9.18 Å². The summed E-state index contributed by atoms with van der Waals surface area (Å²) in [5, 5.41) is 8.16. The van der Waals surface area contributed by atoms with Crippen LogP contribution in [0.25, 0.3) is 0 Å². The molecule has 0 aromatic rings. The first-order valence-corrected chi connectivity index (χ1v) is 3.20. The third-order valence-electron chi connectivity index (χ3n) is 1.16. The fourth-order valence-corrected chi connectivity index (χ4v) is 0.593. The number of alkyl halides is 1. The molecule has 10 heavy (non-hydrogen) atoms. The normalized spacial score (nSPS) is 13.0. The molecule has 3 nitrogen and oxygen atoms in total. The average Bonchev–Trinajstić information content (AvgIpc) is 1.87. The Bertz CT molecular complexity index is 108. The number of carboxylic acids is 1. The lowest BCUT2D eigenvalue weighted by Gasteiger charge is -2.03. The van der Waals surface area contributed by atoms with Crippen LogP contribution in [0.3, 0.4) is 0 Å². The van der Waals surface area contributed by atoms with Gasteiger partial charge in [-0.25, -0.2) is 4.39 Å². The highest BCUT2D eigenvalue weighted by molar-refractivity contribution is 5.66. The van der Waals surface area contributed by atoms with Crippen LogP contribution in [0.2, 0.25) is 0 Å². The van der Waals surface area contributed by atoms with E-state index in [-0.39, 0.29) is 6.42 Å². The third kappa shape index (κ3) is 5.50. The van der Waals surface area contributed by atoms with Gasteiger partial charge in [0.1, 0.15) is 6.67 Å². The topological polar surface area (TPSA) is 63.3 Å². The molecule has 60 valence electrons. The molecule has 3 N–H and O–H groups in total. The van der Waals surface area contributed by atoms with Gasteiger partial charge < -0.3 is 10.8 Å². The van der Waals surface area contributed by atoms with Crippen molar-refractivity contribution in [3.8, 4) is 0 Å². The van der Waals surface area contributed by atoms with Gasteiger partial charge in [-0.05, 0) is 12.8 Å². The van der Waals surface area contributed by atoms with Gasteiger partial charge in [0.25, 0.3) is 0 Å². The molecular formula is C6H12FNO2. The zero-order valence-corrected chi connectivity index (χ0v) is 5.72. The predicted molar refractivity (Wildman–Crippen MR) is 35.4 cm³/mol. The Labute approximate surface area is 59.0 Å². The van der Waals surface area contributed by atoms with Gasteiger partial charge in [0.2, 0.25) is 0 Å². The maximum atomic E-state index is 11.6. The number of carboxylic acid groups (broad SMARTS) is 1. The zero-order chi connectivity index (χ0) is 7.98. The Balaban J connectivity index is 3.11. The van der Waals surface area contributed by atoms with Gasteiger partial charge in [-0.15, -0.1) is 0 Å². The van der Waals surface area contributed by atoms with Crippen LogP contribution in [-0.2, 0) is 4.79 Å². The molecule has 0 aromatic carbocycles. The minimum atomic E-state index is -0.856. The van der Waals surface area contributed by atoms with Crippen molar-refractivity contribution in [2.75, 3.05) is 6.67 Å². The molecule has 4 heteroatoms. The SMILES string of the molecule is NC(CF)CCCC(=O)O. The molecule has 0 spiro atoms. The van der Waals surface area contributed by atoms with Gasteiger partial charge in [-0.1, -0.05) is 0 Å². The van der Waals surface area contributed by atoms with Crippen molar-refractivity contribution in [1.29, 1.82) is 0 Å². The van der Waals surface area contributed by atoms with Crippen molar-refractivity contribution >= 4 is 5.97 Å². The lowest BCUT2D eigenvalue weighted by Crippen LogP contribution is -2.22. The van der Waals surface area contributed by atoms with Crippen molar-refractivity contribution < 1.29 is 14.3 Å². The molecular weight excluding hydrogens is 137 g/mol. The molecule has 0 fully saturated rings. The van der Waals surface area contributed by atoms with Crippen LogP contribution in [0, 0.1) is 0 Å². The number of hydrogen-bond acceptors (Lipinski definition) is 2. The van der Waals surface area contributed by atoms with Crippen LogP contribution in [0.15, 0.2) is 0 Å². The number of nitrogens with two attached hydrogens (primary N) is 1. The standard InChI is InChI=1S/C6H12FNO2/c7-4-5(8)2-1-3-6(9)10/h5H,1-4,8H2,(H,9,10). The minimum Gasteiger partial charge on any atom is -0.481 e. The molecule has 0 aromatic heterocycles. The summed E-state index contributed by atoms with van der Waals surface area (Å²) in [4.78, 5) is 9.93. The molecule has 0 amide bonds. The molecule has 0 aliphatic carbocycles. The lowest BCUT2D eigenvalue weighted by atomic mass is 10.1. The van der Waals surface area contributed by atoms with Crippen molar-refractivity contribution in [2.24, 2.45) is 5.73 Å². The summed E-state index contributed by atoms with van der Waals surface area (Å²) in [6.07, 6.45) is 0.983. The molecule has 0 aliphatic rings. The number of carbonyl (C=O) groups is 1. The molecule has 0 heterocycles. The highest BCUT2D eigenvalue weighted by atomic mass is 19.1. The van der Waals surface area contributed by atoms with E-state index in [2.05, 4.69) is 0 Å². The maximum absolute atomic E-state index is 11.6. The summed E-state index contributed by atoms with van der Waals surface area (Å²) in [6.45, 7) is -0.570. The van der Waals surface area contributed by atoms with E-state index in [0.717, 1.165) is 0 Å². The van der Waals surface area contributed by atoms with E-state index in [1.54, 1.807) is 0 Å². The molecule has 0 bridgehead atoms. The van der Waals surface area contributed by atoms with Crippen LogP contribution in [0.1, 0.15) is 19.3 Å². The van der Waals surface area contributed by atoms with Gasteiger partial charge in [0, 0.05) is 12.5 Å². The number of rotatable bonds is 5. The maximum Gasteiger partial charge on any atom is 0.303 e. The van der Waals surface area contributed by atoms with Crippen LogP contribution in [-0.4, -0.2) is 23.8 Å². The number of hydrogen-bond donors (Lipinski definition) is 2. The second-order valence-corrected chi connectivity index (χ2v) is 2.20. The van der Waals surface area contributed by atoms with Crippen LogP contribution >= 0.6 is 0 Å². The monoisotopic (exact) mass is 149 g/mol. The summed E-state index contributed by atoms with van der Waals surface area (Å²) >= 11 is 0. The third-order valence-corrected chi connectivity index (χ3v) is 1.16. The van der Waals surface area contributed by atoms with Crippen molar-refractivity contribution in [2.45, 2.75) is 25.3 Å². The van der Waals surface area contributed by atoms with Crippen LogP contribution in [0.4, 0.5) is 4.39 Å². The van der Waals surface area contributed by atoms with Crippen LogP contribution in [0.5, 0.6) is 0 Å². The van der Waals surface area contributed by atoms with Gasteiger partial charge in [-0.2, -0.15) is 0 Å². The Kier molecular flexibility index (Phi) is 4.84. The summed E-state index contributed by atoms with van der Waals surface area (Å²) < 4.78 is 11.6. The van der Waals surface area contributed by atoms with Gasteiger partial charge in [-0.3, -0.25) is 4.79 Å². The highest BCUT2D eigenvalue weighted by Crippen LogP contribution is 1.98. The van der Waals surface area contributed by atoms with E-state index in [0.29, 0.717) is 12.8 Å². The van der Waals surface area contributed by atoms with Crippen molar-refractivity contribution in [3.05, 3.63) is 0 Å². The van der Waals surface area contributed by atoms with Gasteiger partial charge in [0.15, 0.2) is 0 Å². The summed E-state index contributed by atoms with van der Waals surface area (Å²) in [5.41, 5.74) is 5.19. The minimum absolute atomic E-state index is 0.0771. The Morgan fingerprint density at radius 3 is 2.70 bits per heavy atom. The molecule has 0 radical (unpaired) electrons. The molecule has 0 saturated heterocycles. The van der Waals surface area contributed by atoms with E-state index < -0.39 is 18.7 Å². The van der Waals surface area contributed by atoms with E-state index >= 15 is 0 Å². The summed E-state index contributed by atoms with van der Waals surface area (Å²) in [5.74, 6) is -0.856. The first kappa shape index (κ1) is 9.36. The lowest BCUT2D eigenvalue weighted by molar-refractivity contribution is -0.137. The van der Waals surface area contributed by atoms with Gasteiger partial charge in [0.05, 0.1) is 0 Å².